The Balaban J connectivity index is 2.06. The van der Waals surface area contributed by atoms with Crippen molar-refractivity contribution in [2.75, 3.05) is 18.5 Å². The smallest absolute Gasteiger partial charge is 0.339 e. The van der Waals surface area contributed by atoms with Crippen LogP contribution in [-0.4, -0.2) is 31.2 Å². The van der Waals surface area contributed by atoms with E-state index >= 15 is 0 Å². The molecule has 0 radical (unpaired) electrons. The predicted octanol–water partition coefficient (Wildman–Crippen LogP) is 4.97. The zero-order valence-corrected chi connectivity index (χ0v) is 17.3. The molecule has 0 heterocycles. The molecule has 0 aliphatic rings. The first-order valence-electron chi connectivity index (χ1n) is 8.71. The van der Waals surface area contributed by atoms with Crippen LogP contribution in [0.4, 0.5) is 5.69 Å². The quantitative estimate of drug-likeness (QED) is 0.603. The lowest BCUT2D eigenvalue weighted by Gasteiger charge is -2.15. The second kappa shape index (κ2) is 10.2. The number of amides is 1. The molecular weight excluding hydrogens is 405 g/mol. The number of benzene rings is 2. The van der Waals surface area contributed by atoms with Gasteiger partial charge in [0.15, 0.2) is 17.6 Å². The molecule has 1 atom stereocenters. The molecule has 0 saturated heterocycles. The second-order valence-corrected chi connectivity index (χ2v) is 6.60. The van der Waals surface area contributed by atoms with E-state index < -0.39 is 18.0 Å². The van der Waals surface area contributed by atoms with Gasteiger partial charge in [-0.3, -0.25) is 4.79 Å². The molecule has 0 aliphatic heterocycles. The Morgan fingerprint density at radius 3 is 2.18 bits per heavy atom. The molecule has 2 aromatic carbocycles. The molecule has 0 spiro atoms. The average Bonchev–Trinajstić information content (AvgIpc) is 2.62. The molecule has 6 nitrogen and oxygen atoms in total. The number of hydrogen-bond acceptors (Lipinski definition) is 5. The van der Waals surface area contributed by atoms with Gasteiger partial charge in [-0.05, 0) is 57.2 Å². The molecule has 1 amide bonds. The highest BCUT2D eigenvalue weighted by Crippen LogP contribution is 2.29. The summed E-state index contributed by atoms with van der Waals surface area (Å²) < 4.78 is 16.2. The largest absolute Gasteiger partial charge is 0.490 e. The highest BCUT2D eigenvalue weighted by Gasteiger charge is 2.20. The van der Waals surface area contributed by atoms with E-state index in [2.05, 4.69) is 5.32 Å². The summed E-state index contributed by atoms with van der Waals surface area (Å²) in [6.45, 7) is 6.03. The van der Waals surface area contributed by atoms with Crippen molar-refractivity contribution in [3.05, 3.63) is 52.0 Å². The normalized spacial score (nSPS) is 11.5. The minimum absolute atomic E-state index is 0.248. The maximum atomic E-state index is 12.4. The van der Waals surface area contributed by atoms with Gasteiger partial charge in [0.25, 0.3) is 5.91 Å². The Labute approximate surface area is 173 Å². The number of carbonyl (C=O) groups is 2. The zero-order chi connectivity index (χ0) is 20.7. The van der Waals surface area contributed by atoms with Gasteiger partial charge in [-0.15, -0.1) is 0 Å². The molecule has 2 aromatic rings. The highest BCUT2D eigenvalue weighted by atomic mass is 35.5. The molecule has 0 fully saturated rings. The fourth-order valence-corrected chi connectivity index (χ4v) is 2.86. The number of anilines is 1. The van der Waals surface area contributed by atoms with Crippen LogP contribution < -0.4 is 14.8 Å². The van der Waals surface area contributed by atoms with Gasteiger partial charge in [0.2, 0.25) is 0 Å². The molecule has 0 saturated carbocycles. The van der Waals surface area contributed by atoms with Gasteiger partial charge in [-0.1, -0.05) is 23.2 Å². The monoisotopic (exact) mass is 425 g/mol. The first-order chi connectivity index (χ1) is 13.3. The van der Waals surface area contributed by atoms with Crippen molar-refractivity contribution in [1.29, 1.82) is 0 Å². The summed E-state index contributed by atoms with van der Waals surface area (Å²) in [6.07, 6.45) is -1.03. The number of carbonyl (C=O) groups excluding carboxylic acids is 2. The second-order valence-electron chi connectivity index (χ2n) is 5.72. The van der Waals surface area contributed by atoms with Crippen molar-refractivity contribution < 1.29 is 23.8 Å². The summed E-state index contributed by atoms with van der Waals surface area (Å²) >= 11 is 11.8. The highest BCUT2D eigenvalue weighted by molar-refractivity contribution is 6.35. The van der Waals surface area contributed by atoms with E-state index in [1.807, 2.05) is 13.8 Å². The van der Waals surface area contributed by atoms with E-state index in [-0.39, 0.29) is 5.56 Å². The van der Waals surface area contributed by atoms with E-state index in [9.17, 15) is 9.59 Å². The van der Waals surface area contributed by atoms with Crippen molar-refractivity contribution in [3.8, 4) is 11.5 Å². The van der Waals surface area contributed by atoms with Gasteiger partial charge < -0.3 is 19.5 Å². The summed E-state index contributed by atoms with van der Waals surface area (Å²) in [6, 6.07) is 9.34. The maximum absolute atomic E-state index is 12.4. The number of ether oxygens (including phenoxy) is 3. The Kier molecular flexibility index (Phi) is 7.96. The Morgan fingerprint density at radius 2 is 1.57 bits per heavy atom. The average molecular weight is 426 g/mol. The Morgan fingerprint density at radius 1 is 0.964 bits per heavy atom. The van der Waals surface area contributed by atoms with E-state index in [1.54, 1.807) is 30.3 Å². The molecule has 150 valence electrons. The number of hydrogen-bond donors (Lipinski definition) is 1. The van der Waals surface area contributed by atoms with Crippen LogP contribution in [-0.2, 0) is 9.53 Å². The summed E-state index contributed by atoms with van der Waals surface area (Å²) in [5.74, 6) is -0.201. The molecule has 2 rings (SSSR count). The fraction of sp³-hybridized carbons (Fsp3) is 0.300. The first-order valence-corrected chi connectivity index (χ1v) is 9.47. The van der Waals surface area contributed by atoms with E-state index in [1.165, 1.54) is 13.0 Å². The summed E-state index contributed by atoms with van der Waals surface area (Å²) in [5.41, 5.74) is 0.655. The molecule has 0 aromatic heterocycles. The summed E-state index contributed by atoms with van der Waals surface area (Å²) in [5, 5.41) is 3.37. The summed E-state index contributed by atoms with van der Waals surface area (Å²) in [4.78, 5) is 24.7. The lowest BCUT2D eigenvalue weighted by atomic mass is 10.2. The molecule has 28 heavy (non-hydrogen) atoms. The van der Waals surface area contributed by atoms with Gasteiger partial charge in [0.05, 0.1) is 18.8 Å². The SMILES string of the molecule is CCOc1ccc(C(=O)OC(C)C(=O)Nc2cc(Cl)cc(Cl)c2)cc1OCC. The van der Waals surface area contributed by atoms with Crippen LogP contribution in [0.1, 0.15) is 31.1 Å². The van der Waals surface area contributed by atoms with Crippen molar-refractivity contribution in [2.45, 2.75) is 26.9 Å². The van der Waals surface area contributed by atoms with Gasteiger partial charge >= 0.3 is 5.97 Å². The van der Waals surface area contributed by atoms with Crippen molar-refractivity contribution >= 4 is 40.8 Å². The Hall–Kier alpha value is -2.44. The van der Waals surface area contributed by atoms with Gasteiger partial charge in [-0.2, -0.15) is 0 Å². The van der Waals surface area contributed by atoms with Crippen LogP contribution in [0.15, 0.2) is 36.4 Å². The zero-order valence-electron chi connectivity index (χ0n) is 15.8. The number of rotatable bonds is 8. The van der Waals surface area contributed by atoms with E-state index in [4.69, 9.17) is 37.4 Å². The number of halogens is 2. The van der Waals surface area contributed by atoms with Crippen LogP contribution in [0.2, 0.25) is 10.0 Å². The van der Waals surface area contributed by atoms with Crippen LogP contribution in [0.3, 0.4) is 0 Å². The van der Waals surface area contributed by atoms with Crippen molar-refractivity contribution in [1.82, 2.24) is 0 Å². The molecular formula is C20H21Cl2NO5. The first kappa shape index (κ1) is 21.9. The number of nitrogens with one attached hydrogen (secondary N) is 1. The molecule has 0 aliphatic carbocycles. The Bertz CT molecular complexity index is 836. The topological polar surface area (TPSA) is 73.9 Å². The molecule has 8 heteroatoms. The van der Waals surface area contributed by atoms with Crippen LogP contribution in [0.5, 0.6) is 11.5 Å². The molecule has 1 unspecified atom stereocenters. The van der Waals surface area contributed by atoms with E-state index in [0.29, 0.717) is 40.4 Å². The van der Waals surface area contributed by atoms with Crippen molar-refractivity contribution in [3.63, 3.8) is 0 Å². The standard InChI is InChI=1S/C20H21Cl2NO5/c1-4-26-17-7-6-13(8-18(17)27-5-2)20(25)28-12(3)19(24)23-16-10-14(21)9-15(22)11-16/h6-12H,4-5H2,1-3H3,(H,23,24). The third-order valence-corrected chi connectivity index (χ3v) is 4.00. The van der Waals surface area contributed by atoms with Crippen molar-refractivity contribution in [2.24, 2.45) is 0 Å². The lowest BCUT2D eigenvalue weighted by molar-refractivity contribution is -0.123. The van der Waals surface area contributed by atoms with E-state index in [0.717, 1.165) is 0 Å². The van der Waals surface area contributed by atoms with Crippen LogP contribution in [0.25, 0.3) is 0 Å². The van der Waals surface area contributed by atoms with Gasteiger partial charge in [-0.25, -0.2) is 4.79 Å². The minimum Gasteiger partial charge on any atom is -0.490 e. The molecule has 1 N–H and O–H groups in total. The third-order valence-electron chi connectivity index (χ3n) is 3.56. The minimum atomic E-state index is -1.03. The lowest BCUT2D eigenvalue weighted by Crippen LogP contribution is -2.30. The third kappa shape index (κ3) is 6.04. The van der Waals surface area contributed by atoms with Gasteiger partial charge in [0, 0.05) is 15.7 Å². The van der Waals surface area contributed by atoms with Crippen LogP contribution in [0, 0.1) is 0 Å². The number of esters is 1. The molecule has 0 bridgehead atoms. The predicted molar refractivity (Wildman–Crippen MR) is 109 cm³/mol. The summed E-state index contributed by atoms with van der Waals surface area (Å²) in [7, 11) is 0. The maximum Gasteiger partial charge on any atom is 0.339 e. The van der Waals surface area contributed by atoms with Crippen LogP contribution >= 0.6 is 23.2 Å². The fourth-order valence-electron chi connectivity index (χ4n) is 2.33. The van der Waals surface area contributed by atoms with Gasteiger partial charge in [0.1, 0.15) is 0 Å².